The summed E-state index contributed by atoms with van der Waals surface area (Å²) in [5.41, 5.74) is 5.97. The lowest BCUT2D eigenvalue weighted by atomic mass is 10.1. The molecule has 1 saturated heterocycles. The van der Waals surface area contributed by atoms with E-state index in [2.05, 4.69) is 4.90 Å². The van der Waals surface area contributed by atoms with Crippen molar-refractivity contribution in [3.63, 3.8) is 0 Å². The maximum atomic E-state index is 12.3. The van der Waals surface area contributed by atoms with E-state index in [-0.39, 0.29) is 11.9 Å². The standard InChI is InChI=1S/C13H27N3O2/c1-15(2)10-11-6-4-8-16(11)13(17)12(14)7-5-9-18-3/h11-12H,4-10,14H2,1-3H3. The van der Waals surface area contributed by atoms with Gasteiger partial charge in [-0.3, -0.25) is 4.79 Å². The van der Waals surface area contributed by atoms with Crippen molar-refractivity contribution in [1.29, 1.82) is 0 Å². The summed E-state index contributed by atoms with van der Waals surface area (Å²) < 4.78 is 4.98. The maximum Gasteiger partial charge on any atom is 0.239 e. The molecule has 5 nitrogen and oxygen atoms in total. The molecule has 5 heteroatoms. The van der Waals surface area contributed by atoms with Gasteiger partial charge in [-0.25, -0.2) is 0 Å². The van der Waals surface area contributed by atoms with E-state index in [0.29, 0.717) is 19.1 Å². The Labute approximate surface area is 110 Å². The van der Waals surface area contributed by atoms with E-state index < -0.39 is 0 Å². The van der Waals surface area contributed by atoms with Crippen LogP contribution in [0.1, 0.15) is 25.7 Å². The highest BCUT2D eigenvalue weighted by molar-refractivity contribution is 5.82. The Hall–Kier alpha value is -0.650. The Balaban J connectivity index is 2.43. The van der Waals surface area contributed by atoms with Gasteiger partial charge in [0.2, 0.25) is 5.91 Å². The van der Waals surface area contributed by atoms with Crippen molar-refractivity contribution in [1.82, 2.24) is 9.80 Å². The number of likely N-dealkylation sites (N-methyl/N-ethyl adjacent to an activating group) is 1. The van der Waals surface area contributed by atoms with Gasteiger partial charge in [0.05, 0.1) is 6.04 Å². The molecule has 18 heavy (non-hydrogen) atoms. The van der Waals surface area contributed by atoms with Crippen LogP contribution in [0.25, 0.3) is 0 Å². The van der Waals surface area contributed by atoms with E-state index in [0.717, 1.165) is 32.4 Å². The number of hydrogen-bond donors (Lipinski definition) is 1. The van der Waals surface area contributed by atoms with Crippen LogP contribution in [-0.2, 0) is 9.53 Å². The van der Waals surface area contributed by atoms with E-state index in [4.69, 9.17) is 10.5 Å². The van der Waals surface area contributed by atoms with Gasteiger partial charge in [0.25, 0.3) is 0 Å². The third-order valence-corrected chi connectivity index (χ3v) is 3.42. The zero-order valence-corrected chi connectivity index (χ0v) is 11.9. The first-order chi connectivity index (χ1) is 8.56. The third-order valence-electron chi connectivity index (χ3n) is 3.42. The summed E-state index contributed by atoms with van der Waals surface area (Å²) in [6.07, 6.45) is 3.73. The van der Waals surface area contributed by atoms with Crippen LogP contribution >= 0.6 is 0 Å². The third kappa shape index (κ3) is 4.55. The molecule has 0 saturated carbocycles. The maximum absolute atomic E-state index is 12.3. The Morgan fingerprint density at radius 2 is 2.28 bits per heavy atom. The van der Waals surface area contributed by atoms with E-state index in [1.54, 1.807) is 7.11 Å². The smallest absolute Gasteiger partial charge is 0.239 e. The monoisotopic (exact) mass is 257 g/mol. The molecule has 0 radical (unpaired) electrons. The molecule has 0 aliphatic carbocycles. The number of likely N-dealkylation sites (tertiary alicyclic amines) is 1. The predicted molar refractivity (Wildman–Crippen MR) is 72.4 cm³/mol. The summed E-state index contributed by atoms with van der Waals surface area (Å²) in [4.78, 5) is 16.4. The Kier molecular flexibility index (Phi) is 6.60. The molecule has 0 bridgehead atoms. The second-order valence-electron chi connectivity index (χ2n) is 5.33. The first-order valence-corrected chi connectivity index (χ1v) is 6.76. The number of methoxy groups -OCH3 is 1. The van der Waals surface area contributed by atoms with Crippen LogP contribution in [0.5, 0.6) is 0 Å². The van der Waals surface area contributed by atoms with Crippen molar-refractivity contribution < 1.29 is 9.53 Å². The molecule has 1 aliphatic heterocycles. The molecule has 2 unspecified atom stereocenters. The molecule has 1 aliphatic rings. The van der Waals surface area contributed by atoms with E-state index in [1.165, 1.54) is 0 Å². The fraction of sp³-hybridized carbons (Fsp3) is 0.923. The van der Waals surface area contributed by atoms with E-state index in [1.807, 2.05) is 19.0 Å². The number of nitrogens with two attached hydrogens (primary N) is 1. The molecule has 1 rings (SSSR count). The molecule has 1 fully saturated rings. The zero-order valence-electron chi connectivity index (χ0n) is 11.9. The zero-order chi connectivity index (χ0) is 13.5. The molecule has 0 aromatic carbocycles. The molecule has 0 aromatic heterocycles. The van der Waals surface area contributed by atoms with Crippen LogP contribution in [0.4, 0.5) is 0 Å². The highest BCUT2D eigenvalue weighted by Gasteiger charge is 2.31. The first-order valence-electron chi connectivity index (χ1n) is 6.76. The fourth-order valence-corrected chi connectivity index (χ4v) is 2.52. The van der Waals surface area contributed by atoms with Gasteiger partial charge in [0.1, 0.15) is 0 Å². The number of amides is 1. The first kappa shape index (κ1) is 15.4. The highest BCUT2D eigenvalue weighted by atomic mass is 16.5. The molecule has 0 spiro atoms. The van der Waals surface area contributed by atoms with Crippen molar-refractivity contribution in [3.05, 3.63) is 0 Å². The van der Waals surface area contributed by atoms with Gasteiger partial charge in [-0.2, -0.15) is 0 Å². The van der Waals surface area contributed by atoms with Crippen molar-refractivity contribution in [2.24, 2.45) is 5.73 Å². The molecule has 0 aromatic rings. The molecule has 1 heterocycles. The lowest BCUT2D eigenvalue weighted by Crippen LogP contribution is -2.48. The molecular weight excluding hydrogens is 230 g/mol. The van der Waals surface area contributed by atoms with Crippen molar-refractivity contribution in [2.75, 3.05) is 40.9 Å². The van der Waals surface area contributed by atoms with E-state index in [9.17, 15) is 4.79 Å². The molecular formula is C13H27N3O2. The van der Waals surface area contributed by atoms with Gasteiger partial charge in [-0.05, 0) is 39.8 Å². The van der Waals surface area contributed by atoms with Gasteiger partial charge in [-0.15, -0.1) is 0 Å². The van der Waals surface area contributed by atoms with Crippen LogP contribution in [0.3, 0.4) is 0 Å². The summed E-state index contributed by atoms with van der Waals surface area (Å²) in [5, 5.41) is 0. The summed E-state index contributed by atoms with van der Waals surface area (Å²) in [6, 6.07) is -0.0381. The lowest BCUT2D eigenvalue weighted by molar-refractivity contribution is -0.133. The number of carbonyl (C=O) groups excluding carboxylic acids is 1. The number of nitrogens with zero attached hydrogens (tertiary/aromatic N) is 2. The number of carbonyl (C=O) groups is 1. The molecule has 1 amide bonds. The van der Waals surface area contributed by atoms with Gasteiger partial charge in [0.15, 0.2) is 0 Å². The minimum absolute atomic E-state index is 0.107. The van der Waals surface area contributed by atoms with Gasteiger partial charge in [-0.1, -0.05) is 0 Å². The SMILES string of the molecule is COCCCC(N)C(=O)N1CCCC1CN(C)C. The number of hydrogen-bond acceptors (Lipinski definition) is 4. The largest absolute Gasteiger partial charge is 0.385 e. The number of ether oxygens (including phenoxy) is 1. The van der Waals surface area contributed by atoms with Crippen molar-refractivity contribution >= 4 is 5.91 Å². The van der Waals surface area contributed by atoms with Crippen LogP contribution in [0.2, 0.25) is 0 Å². The Morgan fingerprint density at radius 1 is 1.56 bits per heavy atom. The topological polar surface area (TPSA) is 58.8 Å². The second kappa shape index (κ2) is 7.71. The van der Waals surface area contributed by atoms with Gasteiger partial charge in [0, 0.05) is 32.8 Å². The Morgan fingerprint density at radius 3 is 2.89 bits per heavy atom. The minimum Gasteiger partial charge on any atom is -0.385 e. The van der Waals surface area contributed by atoms with Crippen molar-refractivity contribution in [3.8, 4) is 0 Å². The van der Waals surface area contributed by atoms with Crippen LogP contribution < -0.4 is 5.73 Å². The summed E-state index contributed by atoms with van der Waals surface area (Å²) in [7, 11) is 5.75. The Bertz CT molecular complexity index is 259. The van der Waals surface area contributed by atoms with Crippen LogP contribution in [0, 0.1) is 0 Å². The molecule has 106 valence electrons. The molecule has 2 atom stereocenters. The average Bonchev–Trinajstić information content (AvgIpc) is 2.75. The quantitative estimate of drug-likeness (QED) is 0.666. The van der Waals surface area contributed by atoms with Gasteiger partial charge < -0.3 is 20.3 Å². The highest BCUT2D eigenvalue weighted by Crippen LogP contribution is 2.19. The summed E-state index contributed by atoms with van der Waals surface area (Å²) in [6.45, 7) is 2.45. The lowest BCUT2D eigenvalue weighted by Gasteiger charge is -2.29. The predicted octanol–water partition coefficient (Wildman–Crippen LogP) is 0.293. The summed E-state index contributed by atoms with van der Waals surface area (Å²) >= 11 is 0. The van der Waals surface area contributed by atoms with Crippen molar-refractivity contribution in [2.45, 2.75) is 37.8 Å². The molecule has 2 N–H and O–H groups in total. The van der Waals surface area contributed by atoms with Crippen LogP contribution in [0.15, 0.2) is 0 Å². The second-order valence-corrected chi connectivity index (χ2v) is 5.33. The summed E-state index contributed by atoms with van der Waals surface area (Å²) in [5.74, 6) is 0.107. The minimum atomic E-state index is -0.372. The number of rotatable bonds is 7. The van der Waals surface area contributed by atoms with E-state index >= 15 is 0 Å². The average molecular weight is 257 g/mol. The van der Waals surface area contributed by atoms with Crippen LogP contribution in [-0.4, -0.2) is 68.7 Å². The van der Waals surface area contributed by atoms with Gasteiger partial charge >= 0.3 is 0 Å². The normalized spacial score (nSPS) is 21.6. The fourth-order valence-electron chi connectivity index (χ4n) is 2.52.